The lowest BCUT2D eigenvalue weighted by Crippen LogP contribution is -2.24. The first-order valence-electron chi connectivity index (χ1n) is 11.6. The number of hydrogen-bond donors (Lipinski definition) is 2. The summed E-state index contributed by atoms with van der Waals surface area (Å²) in [6.07, 6.45) is 5.45. The van der Waals surface area contributed by atoms with Crippen LogP contribution in [0.1, 0.15) is 32.6 Å². The number of fused-ring (bicyclic) bond motifs is 1. The number of aryl methyl sites for hydroxylation is 1. The molecule has 3 aromatic carbocycles. The Morgan fingerprint density at radius 3 is 2.58 bits per heavy atom. The number of carbonyl (C=O) groups is 1. The van der Waals surface area contributed by atoms with E-state index < -0.39 is 0 Å². The highest BCUT2D eigenvalue weighted by molar-refractivity contribution is 7.71. The molecule has 0 unspecified atom stereocenters. The van der Waals surface area contributed by atoms with Crippen molar-refractivity contribution in [2.45, 2.75) is 26.9 Å². The second-order valence-electron chi connectivity index (χ2n) is 8.78. The van der Waals surface area contributed by atoms with E-state index in [2.05, 4.69) is 15.3 Å². The van der Waals surface area contributed by atoms with E-state index in [-0.39, 0.29) is 16.2 Å². The van der Waals surface area contributed by atoms with Gasteiger partial charge in [-0.25, -0.2) is 4.98 Å². The van der Waals surface area contributed by atoms with Gasteiger partial charge in [0.2, 0.25) is 0 Å². The largest absolute Gasteiger partial charge is 0.348 e. The molecular formula is C28H25N5O2S. The predicted molar refractivity (Wildman–Crippen MR) is 143 cm³/mol. The monoisotopic (exact) mass is 495 g/mol. The molecule has 0 saturated heterocycles. The van der Waals surface area contributed by atoms with Crippen molar-refractivity contribution in [2.75, 3.05) is 0 Å². The van der Waals surface area contributed by atoms with Crippen LogP contribution in [-0.2, 0) is 13.1 Å². The fourth-order valence-electron chi connectivity index (χ4n) is 4.19. The molecule has 0 aliphatic rings. The van der Waals surface area contributed by atoms with Gasteiger partial charge in [0.15, 0.2) is 4.77 Å². The summed E-state index contributed by atoms with van der Waals surface area (Å²) in [5.74, 6) is -0.225. The summed E-state index contributed by atoms with van der Waals surface area (Å²) in [6, 6.07) is 18.9. The van der Waals surface area contributed by atoms with E-state index in [1.807, 2.05) is 67.1 Å². The zero-order valence-corrected chi connectivity index (χ0v) is 20.8. The minimum absolute atomic E-state index is 0.217. The maximum atomic E-state index is 13.3. The summed E-state index contributed by atoms with van der Waals surface area (Å²) < 4.78 is 3.80. The predicted octanol–water partition coefficient (Wildman–Crippen LogP) is 4.84. The number of rotatable bonds is 6. The number of nitrogens with zero attached hydrogens (tertiary/aromatic N) is 3. The molecule has 0 aliphatic carbocycles. The Kier molecular flexibility index (Phi) is 6.35. The van der Waals surface area contributed by atoms with E-state index in [4.69, 9.17) is 12.2 Å². The van der Waals surface area contributed by atoms with Crippen LogP contribution in [0.3, 0.4) is 0 Å². The van der Waals surface area contributed by atoms with Crippen LogP contribution in [0.15, 0.2) is 84.2 Å². The fraction of sp³-hybridized carbons (Fsp3) is 0.143. The molecule has 0 saturated carbocycles. The molecule has 0 bridgehead atoms. The van der Waals surface area contributed by atoms with E-state index in [0.29, 0.717) is 23.0 Å². The number of benzene rings is 3. The molecule has 8 heteroatoms. The lowest BCUT2D eigenvalue weighted by molar-refractivity contribution is 0.0951. The minimum Gasteiger partial charge on any atom is -0.348 e. The molecule has 36 heavy (non-hydrogen) atoms. The smallest absolute Gasteiger partial charge is 0.266 e. The third kappa shape index (κ3) is 4.63. The van der Waals surface area contributed by atoms with Gasteiger partial charge >= 0.3 is 0 Å². The summed E-state index contributed by atoms with van der Waals surface area (Å²) in [7, 11) is 0. The third-order valence-electron chi connectivity index (χ3n) is 6.38. The zero-order valence-electron chi connectivity index (χ0n) is 20.0. The van der Waals surface area contributed by atoms with E-state index in [0.717, 1.165) is 34.5 Å². The summed E-state index contributed by atoms with van der Waals surface area (Å²) in [6.45, 7) is 5.11. The van der Waals surface area contributed by atoms with Crippen molar-refractivity contribution in [2.24, 2.45) is 0 Å². The van der Waals surface area contributed by atoms with Crippen molar-refractivity contribution in [3.05, 3.63) is 122 Å². The van der Waals surface area contributed by atoms with Crippen LogP contribution in [-0.4, -0.2) is 25.0 Å². The lowest BCUT2D eigenvalue weighted by atomic mass is 10.1. The zero-order chi connectivity index (χ0) is 25.2. The van der Waals surface area contributed by atoms with Gasteiger partial charge in [-0.15, -0.1) is 0 Å². The number of hydrogen-bond acceptors (Lipinski definition) is 4. The van der Waals surface area contributed by atoms with Crippen molar-refractivity contribution < 1.29 is 4.79 Å². The third-order valence-corrected chi connectivity index (χ3v) is 6.66. The first-order chi connectivity index (χ1) is 17.4. The molecule has 5 rings (SSSR count). The van der Waals surface area contributed by atoms with Gasteiger partial charge in [0, 0.05) is 31.0 Å². The molecule has 2 heterocycles. The minimum atomic E-state index is -0.225. The molecule has 0 spiro atoms. The van der Waals surface area contributed by atoms with Crippen LogP contribution in [0, 0.1) is 18.6 Å². The molecule has 5 aromatic rings. The van der Waals surface area contributed by atoms with Gasteiger partial charge in [-0.3, -0.25) is 14.2 Å². The second-order valence-corrected chi connectivity index (χ2v) is 9.17. The van der Waals surface area contributed by atoms with E-state index in [9.17, 15) is 9.59 Å². The number of nitrogens with one attached hydrogen (secondary N) is 2. The highest BCUT2D eigenvalue weighted by Gasteiger charge is 2.13. The van der Waals surface area contributed by atoms with Crippen molar-refractivity contribution in [3.8, 4) is 5.69 Å². The van der Waals surface area contributed by atoms with Gasteiger partial charge in [-0.2, -0.15) is 0 Å². The van der Waals surface area contributed by atoms with Crippen LogP contribution in [0.4, 0.5) is 0 Å². The quantitative estimate of drug-likeness (QED) is 0.330. The summed E-state index contributed by atoms with van der Waals surface area (Å²) in [4.78, 5) is 33.3. The van der Waals surface area contributed by atoms with E-state index >= 15 is 0 Å². The average Bonchev–Trinajstić information content (AvgIpc) is 3.38. The summed E-state index contributed by atoms with van der Waals surface area (Å²) in [5, 5.41) is 3.41. The van der Waals surface area contributed by atoms with Gasteiger partial charge < -0.3 is 14.9 Å². The summed E-state index contributed by atoms with van der Waals surface area (Å²) >= 11 is 5.52. The highest BCUT2D eigenvalue weighted by Crippen LogP contribution is 2.18. The number of H-pyrrole nitrogens is 1. The van der Waals surface area contributed by atoms with Crippen LogP contribution in [0.2, 0.25) is 0 Å². The Morgan fingerprint density at radius 1 is 1.06 bits per heavy atom. The van der Waals surface area contributed by atoms with Gasteiger partial charge in [-0.05, 0) is 72.6 Å². The molecule has 2 N–H and O–H groups in total. The molecule has 0 atom stereocenters. The Labute approximate surface area is 213 Å². The number of aromatic nitrogens is 4. The molecule has 180 valence electrons. The van der Waals surface area contributed by atoms with Crippen molar-refractivity contribution in [1.29, 1.82) is 0 Å². The van der Waals surface area contributed by atoms with E-state index in [1.165, 1.54) is 4.57 Å². The van der Waals surface area contributed by atoms with Crippen LogP contribution in [0.5, 0.6) is 0 Å². The van der Waals surface area contributed by atoms with E-state index in [1.54, 1.807) is 30.7 Å². The number of carbonyl (C=O) groups excluding carboxylic acids is 1. The Bertz CT molecular complexity index is 1680. The maximum Gasteiger partial charge on any atom is 0.266 e. The van der Waals surface area contributed by atoms with Crippen LogP contribution < -0.4 is 10.9 Å². The second kappa shape index (κ2) is 9.75. The van der Waals surface area contributed by atoms with Crippen molar-refractivity contribution in [3.63, 3.8) is 0 Å². The van der Waals surface area contributed by atoms with Gasteiger partial charge in [0.1, 0.15) is 0 Å². The SMILES string of the molecule is Cc1cccc(-n2c(=S)[nH]c3cc(C(=O)NCc4ccc(Cn5ccnc5)cc4)ccc3c2=O)c1C. The molecule has 0 aliphatic heterocycles. The van der Waals surface area contributed by atoms with Crippen molar-refractivity contribution >= 4 is 29.0 Å². The number of amides is 1. The van der Waals surface area contributed by atoms with Gasteiger partial charge in [0.25, 0.3) is 11.5 Å². The molecule has 7 nitrogen and oxygen atoms in total. The molecule has 1 amide bonds. The first kappa shape index (κ1) is 23.4. The Hall–Kier alpha value is -4.30. The summed E-state index contributed by atoms with van der Waals surface area (Å²) in [5.41, 5.74) is 5.73. The Balaban J connectivity index is 1.34. The number of imidazole rings is 1. The number of aromatic amines is 1. The average molecular weight is 496 g/mol. The van der Waals surface area contributed by atoms with Crippen molar-refractivity contribution in [1.82, 2.24) is 24.4 Å². The molecular weight excluding hydrogens is 470 g/mol. The highest BCUT2D eigenvalue weighted by atomic mass is 32.1. The molecule has 2 aromatic heterocycles. The normalized spacial score (nSPS) is 11.1. The molecule has 0 radical (unpaired) electrons. The van der Waals surface area contributed by atoms with Crippen LogP contribution in [0.25, 0.3) is 16.6 Å². The molecule has 0 fully saturated rings. The lowest BCUT2D eigenvalue weighted by Gasteiger charge is -2.13. The van der Waals surface area contributed by atoms with Crippen LogP contribution >= 0.6 is 12.2 Å². The maximum absolute atomic E-state index is 13.3. The fourth-order valence-corrected chi connectivity index (χ4v) is 4.49. The van der Waals surface area contributed by atoms with Gasteiger partial charge in [0.05, 0.1) is 22.9 Å². The van der Waals surface area contributed by atoms with Gasteiger partial charge in [-0.1, -0.05) is 36.4 Å². The first-order valence-corrected chi connectivity index (χ1v) is 12.0. The standard InChI is InChI=1S/C28H25N5O2S/c1-18-4-3-5-25(19(18)2)33-27(35)23-11-10-22(14-24(23)31-28(33)36)26(34)30-15-20-6-8-21(9-7-20)16-32-13-12-29-17-32/h3-14,17H,15-16H2,1-2H3,(H,30,34)(H,31,36). The topological polar surface area (TPSA) is 84.7 Å². The Morgan fingerprint density at radius 2 is 1.83 bits per heavy atom.